The van der Waals surface area contributed by atoms with E-state index in [4.69, 9.17) is 0 Å². The first-order valence-electron chi connectivity index (χ1n) is 9.27. The number of nitrogens with one attached hydrogen (secondary N) is 2. The molecule has 2 aliphatic rings. The van der Waals surface area contributed by atoms with Crippen LogP contribution in [0.25, 0.3) is 5.69 Å². The molecule has 4 rings (SSSR count). The Labute approximate surface area is 161 Å². The molecule has 0 saturated carbocycles. The minimum absolute atomic E-state index is 0. The lowest BCUT2D eigenvalue weighted by molar-refractivity contribution is -0.117. The highest BCUT2D eigenvalue weighted by Gasteiger charge is 2.34. The molecule has 2 aromatic rings. The number of carbonyl (C=O) groups is 1. The van der Waals surface area contributed by atoms with E-state index in [1.165, 1.54) is 12.8 Å². The molecule has 2 aliphatic heterocycles. The van der Waals surface area contributed by atoms with E-state index in [2.05, 4.69) is 15.7 Å². The quantitative estimate of drug-likeness (QED) is 0.856. The number of rotatable bonds is 4. The van der Waals surface area contributed by atoms with Gasteiger partial charge in [0.05, 0.1) is 22.8 Å². The molecule has 1 aromatic carbocycles. The highest BCUT2D eigenvalue weighted by Crippen LogP contribution is 2.33. The number of nitrogens with zero attached hydrogens (tertiary/aromatic N) is 2. The third kappa shape index (κ3) is 3.79. The molecule has 2 unspecified atom stereocenters. The van der Waals surface area contributed by atoms with E-state index in [9.17, 15) is 4.79 Å². The van der Waals surface area contributed by atoms with Gasteiger partial charge in [-0.05, 0) is 57.6 Å². The maximum atomic E-state index is 12.6. The van der Waals surface area contributed by atoms with Crippen LogP contribution in [0, 0.1) is 19.8 Å². The lowest BCUT2D eigenvalue weighted by atomic mass is 9.89. The summed E-state index contributed by atoms with van der Waals surface area (Å²) in [6.07, 6.45) is 5.41. The second-order valence-electron chi connectivity index (χ2n) is 7.52. The number of piperidine rings is 1. The van der Waals surface area contributed by atoms with Crippen molar-refractivity contribution in [1.82, 2.24) is 15.1 Å². The SMILES string of the molecule is Cc1nn(-c2ccccc2)c(C)c1NC(=O)CC1CC2CCC(C1)N2.Cl. The summed E-state index contributed by atoms with van der Waals surface area (Å²) in [5.41, 5.74) is 3.70. The number of halogens is 1. The average Bonchev–Trinajstić information content (AvgIpc) is 3.09. The van der Waals surface area contributed by atoms with E-state index in [-0.39, 0.29) is 18.3 Å². The van der Waals surface area contributed by atoms with Crippen molar-refractivity contribution in [2.24, 2.45) is 5.92 Å². The summed E-state index contributed by atoms with van der Waals surface area (Å²) >= 11 is 0. The fourth-order valence-electron chi connectivity index (χ4n) is 4.44. The summed E-state index contributed by atoms with van der Waals surface area (Å²) in [7, 11) is 0. The van der Waals surface area contributed by atoms with Crippen molar-refractivity contribution < 1.29 is 4.79 Å². The van der Waals surface area contributed by atoms with E-state index in [0.717, 1.165) is 35.6 Å². The third-order valence-electron chi connectivity index (χ3n) is 5.60. The highest BCUT2D eigenvalue weighted by molar-refractivity contribution is 5.92. The molecule has 2 bridgehead atoms. The van der Waals surface area contributed by atoms with Gasteiger partial charge in [-0.25, -0.2) is 4.68 Å². The van der Waals surface area contributed by atoms with Crippen molar-refractivity contribution in [3.05, 3.63) is 41.7 Å². The molecule has 140 valence electrons. The van der Waals surface area contributed by atoms with Crippen LogP contribution in [0.15, 0.2) is 30.3 Å². The second-order valence-corrected chi connectivity index (χ2v) is 7.52. The van der Waals surface area contributed by atoms with Gasteiger partial charge >= 0.3 is 0 Å². The summed E-state index contributed by atoms with van der Waals surface area (Å²) in [5.74, 6) is 0.619. The van der Waals surface area contributed by atoms with E-state index in [1.54, 1.807) is 0 Å². The Morgan fingerprint density at radius 3 is 2.50 bits per heavy atom. The van der Waals surface area contributed by atoms with Gasteiger partial charge in [-0.1, -0.05) is 18.2 Å². The van der Waals surface area contributed by atoms with Crippen LogP contribution in [0.3, 0.4) is 0 Å². The number of hydrogen-bond donors (Lipinski definition) is 2. The Bertz CT molecular complexity index is 762. The molecule has 6 heteroatoms. The largest absolute Gasteiger partial charge is 0.323 e. The van der Waals surface area contributed by atoms with Crippen molar-refractivity contribution in [2.45, 2.75) is 58.0 Å². The zero-order valence-electron chi connectivity index (χ0n) is 15.4. The molecule has 1 amide bonds. The first kappa shape index (κ1) is 18.9. The average molecular weight is 375 g/mol. The summed E-state index contributed by atoms with van der Waals surface area (Å²) in [6, 6.07) is 11.3. The molecule has 1 aromatic heterocycles. The Morgan fingerprint density at radius 2 is 1.85 bits per heavy atom. The molecule has 26 heavy (non-hydrogen) atoms. The number of fused-ring (bicyclic) bond motifs is 2. The smallest absolute Gasteiger partial charge is 0.224 e. The summed E-state index contributed by atoms with van der Waals surface area (Å²) in [5, 5.41) is 11.4. The molecule has 0 radical (unpaired) electrons. The van der Waals surface area contributed by atoms with Crippen LogP contribution in [-0.2, 0) is 4.79 Å². The van der Waals surface area contributed by atoms with E-state index < -0.39 is 0 Å². The van der Waals surface area contributed by atoms with Crippen LogP contribution in [0.5, 0.6) is 0 Å². The summed E-state index contributed by atoms with van der Waals surface area (Å²) in [4.78, 5) is 12.6. The number of benzene rings is 1. The van der Waals surface area contributed by atoms with Gasteiger partial charge in [0.1, 0.15) is 0 Å². The van der Waals surface area contributed by atoms with E-state index in [0.29, 0.717) is 24.4 Å². The number of hydrogen-bond acceptors (Lipinski definition) is 3. The third-order valence-corrected chi connectivity index (χ3v) is 5.60. The van der Waals surface area contributed by atoms with Gasteiger partial charge in [-0.2, -0.15) is 5.10 Å². The molecule has 0 spiro atoms. The zero-order chi connectivity index (χ0) is 17.4. The molecule has 2 atom stereocenters. The van der Waals surface area contributed by atoms with Gasteiger partial charge in [0, 0.05) is 18.5 Å². The van der Waals surface area contributed by atoms with Gasteiger partial charge in [-0.3, -0.25) is 4.79 Å². The summed E-state index contributed by atoms with van der Waals surface area (Å²) < 4.78 is 1.90. The Morgan fingerprint density at radius 1 is 1.19 bits per heavy atom. The number of aryl methyl sites for hydroxylation is 1. The van der Waals surface area contributed by atoms with E-state index in [1.807, 2.05) is 48.9 Å². The standard InChI is InChI=1S/C20H26N4O.ClH/c1-13-20(14(2)24(23-13)18-6-4-3-5-7-18)22-19(25)12-15-10-16-8-9-17(11-15)21-16;/h3-7,15-17,21H,8-12H2,1-2H3,(H,22,25);1H. The highest BCUT2D eigenvalue weighted by atomic mass is 35.5. The minimum atomic E-state index is 0. The lowest BCUT2D eigenvalue weighted by Gasteiger charge is -2.28. The molecule has 2 N–H and O–H groups in total. The molecule has 2 saturated heterocycles. The number of amides is 1. The van der Waals surface area contributed by atoms with Gasteiger partial charge in [0.2, 0.25) is 5.91 Å². The van der Waals surface area contributed by atoms with Gasteiger partial charge < -0.3 is 10.6 Å². The molecule has 3 heterocycles. The number of aromatic nitrogens is 2. The Kier molecular flexibility index (Phi) is 5.68. The predicted octanol–water partition coefficient (Wildman–Crippen LogP) is 3.77. The van der Waals surface area contributed by atoms with E-state index >= 15 is 0 Å². The monoisotopic (exact) mass is 374 g/mol. The fourth-order valence-corrected chi connectivity index (χ4v) is 4.44. The van der Waals surface area contributed by atoms with Crippen molar-refractivity contribution in [2.75, 3.05) is 5.32 Å². The molecule has 5 nitrogen and oxygen atoms in total. The van der Waals surface area contributed by atoms with Gasteiger partial charge in [-0.15, -0.1) is 12.4 Å². The van der Waals surface area contributed by atoms with Crippen molar-refractivity contribution in [3.8, 4) is 5.69 Å². The van der Waals surface area contributed by atoms with Crippen LogP contribution in [0.2, 0.25) is 0 Å². The molecule has 2 fully saturated rings. The predicted molar refractivity (Wildman–Crippen MR) is 106 cm³/mol. The van der Waals surface area contributed by atoms with Crippen LogP contribution < -0.4 is 10.6 Å². The topological polar surface area (TPSA) is 59.0 Å². The normalized spacial score (nSPS) is 24.2. The molecular formula is C20H27ClN4O. The Balaban J connectivity index is 0.00000196. The second kappa shape index (κ2) is 7.80. The van der Waals surface area contributed by atoms with Crippen molar-refractivity contribution >= 4 is 24.0 Å². The van der Waals surface area contributed by atoms with Crippen molar-refractivity contribution in [3.63, 3.8) is 0 Å². The zero-order valence-corrected chi connectivity index (χ0v) is 16.2. The first-order chi connectivity index (χ1) is 12.1. The van der Waals surface area contributed by atoms with Gasteiger partial charge in [0.25, 0.3) is 0 Å². The Hall–Kier alpha value is -1.85. The van der Waals surface area contributed by atoms with Crippen LogP contribution in [0.4, 0.5) is 5.69 Å². The van der Waals surface area contributed by atoms with Crippen LogP contribution >= 0.6 is 12.4 Å². The first-order valence-corrected chi connectivity index (χ1v) is 9.27. The van der Waals surface area contributed by atoms with Crippen molar-refractivity contribution in [1.29, 1.82) is 0 Å². The maximum absolute atomic E-state index is 12.6. The maximum Gasteiger partial charge on any atom is 0.224 e. The minimum Gasteiger partial charge on any atom is -0.323 e. The molecular weight excluding hydrogens is 348 g/mol. The fraction of sp³-hybridized carbons (Fsp3) is 0.500. The summed E-state index contributed by atoms with van der Waals surface area (Å²) in [6.45, 7) is 3.96. The molecule has 0 aliphatic carbocycles. The number of anilines is 1. The van der Waals surface area contributed by atoms with Gasteiger partial charge in [0.15, 0.2) is 0 Å². The number of carbonyl (C=O) groups excluding carboxylic acids is 1. The van der Waals surface area contributed by atoms with Crippen LogP contribution in [0.1, 0.15) is 43.5 Å². The van der Waals surface area contributed by atoms with Crippen LogP contribution in [-0.4, -0.2) is 27.8 Å². The lowest BCUT2D eigenvalue weighted by Crippen LogP contribution is -2.39. The number of para-hydroxylation sites is 1.